The molecule has 0 bridgehead atoms. The van der Waals surface area contributed by atoms with Crippen LogP contribution in [-0.4, -0.2) is 11.7 Å². The van der Waals surface area contributed by atoms with Gasteiger partial charge >= 0.3 is 0 Å². The molecule has 1 aliphatic heterocycles. The summed E-state index contributed by atoms with van der Waals surface area (Å²) in [6.07, 6.45) is -0.316. The number of fused-ring (bicyclic) bond motifs is 6. The summed E-state index contributed by atoms with van der Waals surface area (Å²) in [5.41, 5.74) is 9.16. The van der Waals surface area contributed by atoms with Crippen LogP contribution in [0, 0.1) is 0 Å². The van der Waals surface area contributed by atoms with Gasteiger partial charge in [0.1, 0.15) is 23.2 Å². The van der Waals surface area contributed by atoms with Crippen LogP contribution in [0.5, 0.6) is 0 Å². The Labute approximate surface area is 295 Å². The molecule has 2 heterocycles. The van der Waals surface area contributed by atoms with Gasteiger partial charge in [-0.05, 0) is 68.1 Å². The minimum absolute atomic E-state index is 0.316. The number of para-hydroxylation sites is 1. The first-order valence-electron chi connectivity index (χ1n) is 17.3. The Hall–Kier alpha value is -6.78. The number of hydrogen-bond acceptors (Lipinski definition) is 4. The van der Waals surface area contributed by atoms with E-state index in [4.69, 9.17) is 14.4 Å². The fourth-order valence-corrected chi connectivity index (χ4v) is 7.39. The van der Waals surface area contributed by atoms with Gasteiger partial charge in [0.15, 0.2) is 5.84 Å². The van der Waals surface area contributed by atoms with Crippen molar-refractivity contribution < 1.29 is 4.42 Å². The van der Waals surface area contributed by atoms with Crippen LogP contribution >= 0.6 is 0 Å². The predicted molar refractivity (Wildman–Crippen MR) is 211 cm³/mol. The van der Waals surface area contributed by atoms with E-state index < -0.39 is 0 Å². The summed E-state index contributed by atoms with van der Waals surface area (Å²) >= 11 is 0. The van der Waals surface area contributed by atoms with Crippen LogP contribution < -0.4 is 5.32 Å². The number of aliphatic imine (C=N–C) groups is 2. The average Bonchev–Trinajstić information content (AvgIpc) is 3.61. The first-order chi connectivity index (χ1) is 25.3. The Kier molecular flexibility index (Phi) is 6.85. The largest absolute Gasteiger partial charge is 0.455 e. The fraction of sp³-hybridized carbons (Fsp3) is 0.0213. The molecular formula is C47H31N3O. The van der Waals surface area contributed by atoms with Crippen molar-refractivity contribution in [2.24, 2.45) is 9.98 Å². The lowest BCUT2D eigenvalue weighted by Crippen LogP contribution is -2.33. The van der Waals surface area contributed by atoms with Gasteiger partial charge in [-0.25, -0.2) is 9.98 Å². The molecule has 9 aromatic rings. The van der Waals surface area contributed by atoms with Gasteiger partial charge in [-0.15, -0.1) is 0 Å². The van der Waals surface area contributed by atoms with Crippen molar-refractivity contribution in [3.05, 3.63) is 193 Å². The van der Waals surface area contributed by atoms with E-state index in [9.17, 15) is 0 Å². The molecule has 4 heteroatoms. The Bertz CT molecular complexity index is 2820. The second kappa shape index (κ2) is 12.0. The van der Waals surface area contributed by atoms with Crippen LogP contribution in [-0.2, 0) is 0 Å². The zero-order chi connectivity index (χ0) is 33.7. The molecule has 0 aliphatic carbocycles. The highest BCUT2D eigenvalue weighted by Crippen LogP contribution is 2.40. The molecule has 51 heavy (non-hydrogen) atoms. The van der Waals surface area contributed by atoms with Gasteiger partial charge in [-0.1, -0.05) is 152 Å². The van der Waals surface area contributed by atoms with Gasteiger partial charge < -0.3 is 9.73 Å². The zero-order valence-electron chi connectivity index (χ0n) is 27.6. The molecule has 0 radical (unpaired) electrons. The predicted octanol–water partition coefficient (Wildman–Crippen LogP) is 11.7. The molecule has 0 saturated heterocycles. The minimum atomic E-state index is -0.316. The molecular weight excluding hydrogens is 623 g/mol. The number of benzene rings is 8. The molecule has 0 fully saturated rings. The number of rotatable bonds is 5. The third-order valence-corrected chi connectivity index (χ3v) is 9.95. The maximum atomic E-state index is 6.73. The number of amidine groups is 2. The van der Waals surface area contributed by atoms with Crippen molar-refractivity contribution in [3.8, 4) is 22.3 Å². The normalized spacial score (nSPS) is 14.5. The maximum Gasteiger partial charge on any atom is 0.159 e. The molecule has 0 amide bonds. The smallest absolute Gasteiger partial charge is 0.159 e. The van der Waals surface area contributed by atoms with E-state index in [-0.39, 0.29) is 6.17 Å². The van der Waals surface area contributed by atoms with Crippen LogP contribution in [0.2, 0.25) is 0 Å². The SMILES string of the molecule is c1ccc(-c2ccc(C3=NC(c4ccccc4)NC(c4ccc(-c5ccc6ccc7ccccc7c6c5)c5oc6ccccc6c45)=N3)cc2)cc1. The summed E-state index contributed by atoms with van der Waals surface area (Å²) in [5, 5.41) is 10.7. The Morgan fingerprint density at radius 1 is 0.471 bits per heavy atom. The maximum absolute atomic E-state index is 6.73. The van der Waals surface area contributed by atoms with Crippen LogP contribution in [0.1, 0.15) is 22.9 Å². The van der Waals surface area contributed by atoms with Crippen molar-refractivity contribution in [1.29, 1.82) is 0 Å². The summed E-state index contributed by atoms with van der Waals surface area (Å²) in [7, 11) is 0. The lowest BCUT2D eigenvalue weighted by Gasteiger charge is -2.24. The van der Waals surface area contributed by atoms with E-state index in [0.717, 1.165) is 61.2 Å². The third kappa shape index (κ3) is 5.08. The highest BCUT2D eigenvalue weighted by atomic mass is 16.3. The zero-order valence-corrected chi connectivity index (χ0v) is 27.6. The summed E-state index contributed by atoms with van der Waals surface area (Å²) < 4.78 is 6.73. The molecule has 1 aromatic heterocycles. The molecule has 0 spiro atoms. The summed E-state index contributed by atoms with van der Waals surface area (Å²) in [4.78, 5) is 10.4. The van der Waals surface area contributed by atoms with E-state index in [1.807, 2.05) is 24.3 Å². The monoisotopic (exact) mass is 653 g/mol. The minimum Gasteiger partial charge on any atom is -0.455 e. The van der Waals surface area contributed by atoms with E-state index in [2.05, 4.69) is 157 Å². The molecule has 8 aromatic carbocycles. The molecule has 1 unspecified atom stereocenters. The van der Waals surface area contributed by atoms with Crippen LogP contribution in [0.4, 0.5) is 0 Å². The summed E-state index contributed by atoms with van der Waals surface area (Å²) in [6, 6.07) is 61.6. The number of nitrogens with one attached hydrogen (secondary N) is 1. The van der Waals surface area contributed by atoms with Gasteiger partial charge in [-0.2, -0.15) is 0 Å². The van der Waals surface area contributed by atoms with Gasteiger partial charge in [0, 0.05) is 27.5 Å². The van der Waals surface area contributed by atoms with Gasteiger partial charge in [0.2, 0.25) is 0 Å². The molecule has 1 aliphatic rings. The van der Waals surface area contributed by atoms with E-state index in [1.54, 1.807) is 0 Å². The highest BCUT2D eigenvalue weighted by Gasteiger charge is 2.25. The van der Waals surface area contributed by atoms with Crippen molar-refractivity contribution in [1.82, 2.24) is 5.32 Å². The van der Waals surface area contributed by atoms with Crippen LogP contribution in [0.3, 0.4) is 0 Å². The van der Waals surface area contributed by atoms with Crippen molar-refractivity contribution in [2.75, 3.05) is 0 Å². The Balaban J connectivity index is 1.15. The molecule has 240 valence electrons. The fourth-order valence-electron chi connectivity index (χ4n) is 7.39. The first-order valence-corrected chi connectivity index (χ1v) is 17.3. The average molecular weight is 654 g/mol. The molecule has 1 atom stereocenters. The van der Waals surface area contributed by atoms with Gasteiger partial charge in [0.25, 0.3) is 0 Å². The number of nitrogens with zero attached hydrogens (tertiary/aromatic N) is 2. The van der Waals surface area contributed by atoms with Gasteiger partial charge in [0.05, 0.1) is 0 Å². The molecule has 0 saturated carbocycles. The quantitative estimate of drug-likeness (QED) is 0.188. The van der Waals surface area contributed by atoms with Crippen molar-refractivity contribution in [3.63, 3.8) is 0 Å². The van der Waals surface area contributed by atoms with Crippen LogP contribution in [0.15, 0.2) is 190 Å². The summed E-state index contributed by atoms with van der Waals surface area (Å²) in [6.45, 7) is 0. The van der Waals surface area contributed by atoms with E-state index in [0.29, 0.717) is 5.84 Å². The topological polar surface area (TPSA) is 49.9 Å². The Morgan fingerprint density at radius 2 is 1.08 bits per heavy atom. The molecule has 1 N–H and O–H groups in total. The molecule has 10 rings (SSSR count). The van der Waals surface area contributed by atoms with Crippen molar-refractivity contribution >= 4 is 55.2 Å². The van der Waals surface area contributed by atoms with E-state index in [1.165, 1.54) is 27.1 Å². The number of hydrogen-bond donors (Lipinski definition) is 1. The first kappa shape index (κ1) is 29.2. The second-order valence-corrected chi connectivity index (χ2v) is 13.0. The number of furan rings is 1. The van der Waals surface area contributed by atoms with E-state index >= 15 is 0 Å². The molecule has 4 nitrogen and oxygen atoms in total. The van der Waals surface area contributed by atoms with Gasteiger partial charge in [-0.3, -0.25) is 0 Å². The second-order valence-electron chi connectivity index (χ2n) is 13.0. The van der Waals surface area contributed by atoms with Crippen LogP contribution in [0.25, 0.3) is 65.7 Å². The highest BCUT2D eigenvalue weighted by molar-refractivity contribution is 6.23. The lowest BCUT2D eigenvalue weighted by molar-refractivity contribution is 0.668. The summed E-state index contributed by atoms with van der Waals surface area (Å²) in [5.74, 6) is 1.44. The Morgan fingerprint density at radius 3 is 1.90 bits per heavy atom. The lowest BCUT2D eigenvalue weighted by atomic mass is 9.94. The van der Waals surface area contributed by atoms with Crippen molar-refractivity contribution in [2.45, 2.75) is 6.17 Å². The standard InChI is InChI=1S/C47H31N3O/c1-3-11-30(12-4-1)31-19-24-35(25-20-31)46-48-45(34-14-5-2-6-15-34)49-47(50-46)40-28-27-38(44-43(40)39-17-9-10-18-42(39)51-44)36-26-23-33-22-21-32-13-7-8-16-37(32)41(33)29-36/h1-29,45H,(H,48,49,50). The third-order valence-electron chi connectivity index (χ3n) is 9.95.